The summed E-state index contributed by atoms with van der Waals surface area (Å²) in [5.74, 6) is 5.82. The summed E-state index contributed by atoms with van der Waals surface area (Å²) < 4.78 is 13.8. The quantitative estimate of drug-likeness (QED) is 0.813. The minimum Gasteiger partial charge on any atom is -0.313 e. The van der Waals surface area contributed by atoms with Gasteiger partial charge in [0, 0.05) is 17.8 Å². The average molecular weight is 255 g/mol. The zero-order valence-corrected chi connectivity index (χ0v) is 11.3. The molecular formula is C17H18FN. The van der Waals surface area contributed by atoms with Crippen LogP contribution in [0, 0.1) is 17.7 Å². The fourth-order valence-electron chi connectivity index (χ4n) is 2.39. The Labute approximate surface area is 113 Å². The van der Waals surface area contributed by atoms with Crippen LogP contribution in [0.2, 0.25) is 0 Å². The fraction of sp³-hybridized carbons (Fsp3) is 0.294. The van der Waals surface area contributed by atoms with Crippen molar-refractivity contribution >= 4 is 10.8 Å². The third-order valence-corrected chi connectivity index (χ3v) is 3.36. The van der Waals surface area contributed by atoms with Gasteiger partial charge in [0.1, 0.15) is 5.82 Å². The molecule has 2 rings (SSSR count). The lowest BCUT2D eigenvalue weighted by Crippen LogP contribution is -2.16. The van der Waals surface area contributed by atoms with Gasteiger partial charge in [0.25, 0.3) is 0 Å². The van der Waals surface area contributed by atoms with Gasteiger partial charge < -0.3 is 5.32 Å². The van der Waals surface area contributed by atoms with Gasteiger partial charge in [0.05, 0.1) is 0 Å². The molecule has 0 aromatic heterocycles. The van der Waals surface area contributed by atoms with Gasteiger partial charge in [-0.15, -0.1) is 11.8 Å². The Balaban J connectivity index is 2.42. The molecule has 0 heterocycles. The normalized spacial score (nSPS) is 11.9. The maximum Gasteiger partial charge on any atom is 0.131 e. The van der Waals surface area contributed by atoms with Crippen LogP contribution in [0.4, 0.5) is 4.39 Å². The lowest BCUT2D eigenvalue weighted by molar-refractivity contribution is 0.560. The minimum atomic E-state index is -0.164. The molecule has 0 saturated heterocycles. The number of halogens is 1. The molecule has 98 valence electrons. The molecule has 0 fully saturated rings. The van der Waals surface area contributed by atoms with Crippen molar-refractivity contribution in [3.63, 3.8) is 0 Å². The van der Waals surface area contributed by atoms with Crippen molar-refractivity contribution in [2.45, 2.75) is 25.8 Å². The van der Waals surface area contributed by atoms with E-state index in [0.29, 0.717) is 5.39 Å². The molecule has 1 N–H and O–H groups in total. The Kier molecular flexibility index (Phi) is 4.54. The summed E-state index contributed by atoms with van der Waals surface area (Å²) in [4.78, 5) is 0. The van der Waals surface area contributed by atoms with E-state index in [1.165, 1.54) is 0 Å². The molecule has 1 atom stereocenters. The van der Waals surface area contributed by atoms with Gasteiger partial charge in [-0.05, 0) is 37.4 Å². The predicted molar refractivity (Wildman–Crippen MR) is 78.4 cm³/mol. The molecular weight excluding hydrogens is 237 g/mol. The molecule has 0 aliphatic carbocycles. The SMILES string of the molecule is CC#CCCC(NC)c1ccc(F)c2ccccc12. The third-order valence-electron chi connectivity index (χ3n) is 3.36. The van der Waals surface area contributed by atoms with Gasteiger partial charge >= 0.3 is 0 Å². The van der Waals surface area contributed by atoms with Crippen molar-refractivity contribution in [1.82, 2.24) is 5.32 Å². The zero-order chi connectivity index (χ0) is 13.7. The first-order valence-corrected chi connectivity index (χ1v) is 6.52. The van der Waals surface area contributed by atoms with Crippen molar-refractivity contribution in [3.05, 3.63) is 47.8 Å². The number of benzene rings is 2. The second-order valence-corrected chi connectivity index (χ2v) is 4.49. The van der Waals surface area contributed by atoms with E-state index in [1.54, 1.807) is 6.07 Å². The summed E-state index contributed by atoms with van der Waals surface area (Å²) in [6.45, 7) is 1.85. The monoisotopic (exact) mass is 255 g/mol. The molecule has 19 heavy (non-hydrogen) atoms. The van der Waals surface area contributed by atoms with Gasteiger partial charge in [0.2, 0.25) is 0 Å². The van der Waals surface area contributed by atoms with Crippen molar-refractivity contribution in [2.24, 2.45) is 0 Å². The largest absolute Gasteiger partial charge is 0.313 e. The molecule has 0 bridgehead atoms. The Morgan fingerprint density at radius 1 is 1.16 bits per heavy atom. The van der Waals surface area contributed by atoms with Gasteiger partial charge in [0.15, 0.2) is 0 Å². The average Bonchev–Trinajstić information content (AvgIpc) is 2.45. The van der Waals surface area contributed by atoms with Crippen LogP contribution in [-0.2, 0) is 0 Å². The lowest BCUT2D eigenvalue weighted by Gasteiger charge is -2.18. The maximum absolute atomic E-state index is 13.8. The van der Waals surface area contributed by atoms with Crippen molar-refractivity contribution in [3.8, 4) is 11.8 Å². The molecule has 2 aromatic rings. The Bertz CT molecular complexity index is 622. The molecule has 0 aliphatic rings. The smallest absolute Gasteiger partial charge is 0.131 e. The first-order valence-electron chi connectivity index (χ1n) is 6.52. The van der Waals surface area contributed by atoms with Gasteiger partial charge in [-0.3, -0.25) is 0 Å². The van der Waals surface area contributed by atoms with Gasteiger partial charge in [-0.25, -0.2) is 4.39 Å². The molecule has 1 nitrogen and oxygen atoms in total. The van der Waals surface area contributed by atoms with Crippen molar-refractivity contribution in [1.29, 1.82) is 0 Å². The third kappa shape index (κ3) is 2.94. The Morgan fingerprint density at radius 2 is 1.89 bits per heavy atom. The van der Waals surface area contributed by atoms with Crippen molar-refractivity contribution in [2.75, 3.05) is 7.05 Å². The number of hydrogen-bond acceptors (Lipinski definition) is 1. The summed E-state index contributed by atoms with van der Waals surface area (Å²) >= 11 is 0. The maximum atomic E-state index is 13.8. The fourth-order valence-corrected chi connectivity index (χ4v) is 2.39. The standard InChI is InChI=1S/C17H18FN/c1-3-4-5-10-17(19-2)15-11-12-16(18)14-9-7-6-8-13(14)15/h6-9,11-12,17,19H,5,10H2,1-2H3. The van der Waals surface area contributed by atoms with E-state index in [9.17, 15) is 4.39 Å². The summed E-state index contributed by atoms with van der Waals surface area (Å²) in [6.07, 6.45) is 1.76. The van der Waals surface area contributed by atoms with E-state index in [2.05, 4.69) is 17.2 Å². The van der Waals surface area contributed by atoms with E-state index >= 15 is 0 Å². The first-order chi connectivity index (χ1) is 9.27. The van der Waals surface area contributed by atoms with E-state index in [-0.39, 0.29) is 11.9 Å². The van der Waals surface area contributed by atoms with Gasteiger partial charge in [-0.1, -0.05) is 30.3 Å². The van der Waals surface area contributed by atoms with Crippen LogP contribution in [0.15, 0.2) is 36.4 Å². The predicted octanol–water partition coefficient (Wildman–Crippen LogP) is 4.04. The molecule has 0 saturated carbocycles. The number of hydrogen-bond donors (Lipinski definition) is 1. The van der Waals surface area contributed by atoms with E-state index < -0.39 is 0 Å². The van der Waals surface area contributed by atoms with E-state index in [1.807, 2.05) is 44.3 Å². The molecule has 2 heteroatoms. The number of fused-ring (bicyclic) bond motifs is 1. The van der Waals surface area contributed by atoms with Crippen LogP contribution in [-0.4, -0.2) is 7.05 Å². The molecule has 0 spiro atoms. The second kappa shape index (κ2) is 6.36. The Hall–Kier alpha value is -1.85. The topological polar surface area (TPSA) is 12.0 Å². The van der Waals surface area contributed by atoms with Crippen LogP contribution in [0.5, 0.6) is 0 Å². The number of rotatable bonds is 4. The molecule has 0 amide bonds. The van der Waals surface area contributed by atoms with Crippen LogP contribution in [0.3, 0.4) is 0 Å². The highest BCUT2D eigenvalue weighted by molar-refractivity contribution is 5.86. The summed E-state index contributed by atoms with van der Waals surface area (Å²) in [7, 11) is 1.93. The molecule has 0 aliphatic heterocycles. The molecule has 0 radical (unpaired) electrons. The highest BCUT2D eigenvalue weighted by atomic mass is 19.1. The van der Waals surface area contributed by atoms with Crippen LogP contribution >= 0.6 is 0 Å². The minimum absolute atomic E-state index is 0.164. The second-order valence-electron chi connectivity index (χ2n) is 4.49. The molecule has 2 aromatic carbocycles. The van der Waals surface area contributed by atoms with E-state index in [0.717, 1.165) is 23.8 Å². The highest BCUT2D eigenvalue weighted by Gasteiger charge is 2.13. The summed E-state index contributed by atoms with van der Waals surface area (Å²) in [6, 6.07) is 11.2. The van der Waals surface area contributed by atoms with Crippen molar-refractivity contribution < 1.29 is 4.39 Å². The highest BCUT2D eigenvalue weighted by Crippen LogP contribution is 2.28. The first kappa shape index (κ1) is 13.6. The van der Waals surface area contributed by atoms with E-state index in [4.69, 9.17) is 0 Å². The zero-order valence-electron chi connectivity index (χ0n) is 11.3. The molecule has 1 unspecified atom stereocenters. The van der Waals surface area contributed by atoms with Crippen LogP contribution < -0.4 is 5.32 Å². The summed E-state index contributed by atoms with van der Waals surface area (Å²) in [5.41, 5.74) is 1.14. The van der Waals surface area contributed by atoms with Crippen LogP contribution in [0.1, 0.15) is 31.4 Å². The van der Waals surface area contributed by atoms with Crippen LogP contribution in [0.25, 0.3) is 10.8 Å². The van der Waals surface area contributed by atoms with Gasteiger partial charge in [-0.2, -0.15) is 0 Å². The Morgan fingerprint density at radius 3 is 2.58 bits per heavy atom. The summed E-state index contributed by atoms with van der Waals surface area (Å²) in [5, 5.41) is 4.96. The lowest BCUT2D eigenvalue weighted by atomic mass is 9.95. The number of nitrogens with one attached hydrogen (secondary N) is 1.